The molecule has 0 radical (unpaired) electrons. The van der Waals surface area contributed by atoms with Crippen molar-refractivity contribution in [2.45, 2.75) is 19.9 Å². The smallest absolute Gasteiger partial charge is 0.0578 e. The Morgan fingerprint density at radius 2 is 1.85 bits per heavy atom. The minimum Gasteiger partial charge on any atom is -0.383 e. The molecular formula is C11H16N2. The zero-order valence-corrected chi connectivity index (χ0v) is 8.17. The van der Waals surface area contributed by atoms with Crippen LogP contribution in [-0.4, -0.2) is 12.6 Å². The molecule has 0 aromatic heterocycles. The second-order valence-electron chi connectivity index (χ2n) is 3.84. The normalized spacial score (nSPS) is 26.6. The highest BCUT2D eigenvalue weighted by Gasteiger charge is 2.17. The highest BCUT2D eigenvalue weighted by Crippen LogP contribution is 2.26. The molecule has 0 saturated carbocycles. The van der Waals surface area contributed by atoms with Gasteiger partial charge in [-0.25, -0.2) is 0 Å². The molecule has 2 N–H and O–H groups in total. The molecular weight excluding hydrogens is 160 g/mol. The zero-order chi connectivity index (χ0) is 9.26. The van der Waals surface area contributed by atoms with E-state index in [1.807, 2.05) is 0 Å². The van der Waals surface area contributed by atoms with Crippen LogP contribution in [0, 0.1) is 5.92 Å². The van der Waals surface area contributed by atoms with Crippen LogP contribution in [-0.2, 0) is 0 Å². The van der Waals surface area contributed by atoms with E-state index in [0.717, 1.165) is 6.54 Å². The van der Waals surface area contributed by atoms with Crippen LogP contribution in [0.2, 0.25) is 0 Å². The molecule has 70 valence electrons. The summed E-state index contributed by atoms with van der Waals surface area (Å²) in [6.45, 7) is 5.54. The molecule has 2 heteroatoms. The number of rotatable bonds is 0. The molecule has 2 unspecified atom stereocenters. The van der Waals surface area contributed by atoms with Gasteiger partial charge in [-0.3, -0.25) is 0 Å². The number of hydrogen-bond acceptors (Lipinski definition) is 2. The lowest BCUT2D eigenvalue weighted by Gasteiger charge is -2.17. The fourth-order valence-electron chi connectivity index (χ4n) is 1.60. The highest BCUT2D eigenvalue weighted by molar-refractivity contribution is 5.69. The van der Waals surface area contributed by atoms with Crippen molar-refractivity contribution < 1.29 is 0 Å². The van der Waals surface area contributed by atoms with E-state index >= 15 is 0 Å². The lowest BCUT2D eigenvalue weighted by molar-refractivity contribution is 0.542. The van der Waals surface area contributed by atoms with Gasteiger partial charge in [-0.15, -0.1) is 0 Å². The van der Waals surface area contributed by atoms with Gasteiger partial charge in [0.1, 0.15) is 0 Å². The molecule has 0 spiro atoms. The van der Waals surface area contributed by atoms with E-state index in [9.17, 15) is 0 Å². The van der Waals surface area contributed by atoms with Crippen LogP contribution in [0.1, 0.15) is 13.8 Å². The molecule has 0 bridgehead atoms. The van der Waals surface area contributed by atoms with E-state index < -0.39 is 0 Å². The van der Waals surface area contributed by atoms with Gasteiger partial charge in [0, 0.05) is 12.6 Å². The maximum absolute atomic E-state index is 3.51. The molecule has 0 saturated heterocycles. The molecule has 1 aliphatic rings. The first kappa shape index (κ1) is 8.42. The van der Waals surface area contributed by atoms with Crippen LogP contribution in [0.3, 0.4) is 0 Å². The number of fused-ring (bicyclic) bond motifs is 1. The Bertz CT molecular complexity index is 296. The fourth-order valence-corrected chi connectivity index (χ4v) is 1.60. The summed E-state index contributed by atoms with van der Waals surface area (Å²) in [5.74, 6) is 0.660. The Morgan fingerprint density at radius 3 is 2.62 bits per heavy atom. The number of nitrogens with one attached hydrogen (secondary N) is 2. The number of para-hydroxylation sites is 2. The first-order chi connectivity index (χ1) is 6.27. The average Bonchev–Trinajstić information content (AvgIpc) is 2.28. The van der Waals surface area contributed by atoms with Gasteiger partial charge in [-0.05, 0) is 25.0 Å². The maximum Gasteiger partial charge on any atom is 0.0578 e. The van der Waals surface area contributed by atoms with Crippen LogP contribution >= 0.6 is 0 Å². The fraction of sp³-hybridized carbons (Fsp3) is 0.455. The van der Waals surface area contributed by atoms with Crippen LogP contribution in [0.15, 0.2) is 24.3 Å². The third kappa shape index (κ3) is 1.62. The summed E-state index contributed by atoms with van der Waals surface area (Å²) >= 11 is 0. The molecule has 13 heavy (non-hydrogen) atoms. The Labute approximate surface area is 79.4 Å². The average molecular weight is 176 g/mol. The standard InChI is InChI=1S/C11H16N2/c1-8-7-12-10-5-3-4-6-11(10)13-9(8)2/h3-6,8-9,12-13H,7H2,1-2H3. The van der Waals surface area contributed by atoms with E-state index in [1.165, 1.54) is 11.4 Å². The topological polar surface area (TPSA) is 24.1 Å². The Hall–Kier alpha value is -1.18. The van der Waals surface area contributed by atoms with E-state index in [0.29, 0.717) is 12.0 Å². The summed E-state index contributed by atoms with van der Waals surface area (Å²) in [4.78, 5) is 0. The summed E-state index contributed by atoms with van der Waals surface area (Å²) in [6.07, 6.45) is 0. The van der Waals surface area contributed by atoms with Crippen molar-refractivity contribution in [2.24, 2.45) is 5.92 Å². The van der Waals surface area contributed by atoms with Crippen molar-refractivity contribution in [3.05, 3.63) is 24.3 Å². The molecule has 2 atom stereocenters. The largest absolute Gasteiger partial charge is 0.383 e. The van der Waals surface area contributed by atoms with E-state index in [-0.39, 0.29) is 0 Å². The lowest BCUT2D eigenvalue weighted by Crippen LogP contribution is -2.25. The maximum atomic E-state index is 3.51. The van der Waals surface area contributed by atoms with Gasteiger partial charge in [0.25, 0.3) is 0 Å². The van der Waals surface area contributed by atoms with Gasteiger partial charge >= 0.3 is 0 Å². The summed E-state index contributed by atoms with van der Waals surface area (Å²) in [7, 11) is 0. The van der Waals surface area contributed by atoms with E-state index in [4.69, 9.17) is 0 Å². The Balaban J connectivity index is 2.29. The minimum atomic E-state index is 0.538. The van der Waals surface area contributed by atoms with Gasteiger partial charge in [-0.1, -0.05) is 19.1 Å². The van der Waals surface area contributed by atoms with Gasteiger partial charge in [0.15, 0.2) is 0 Å². The molecule has 2 rings (SSSR count). The second-order valence-corrected chi connectivity index (χ2v) is 3.84. The number of benzene rings is 1. The van der Waals surface area contributed by atoms with Crippen LogP contribution in [0.4, 0.5) is 11.4 Å². The monoisotopic (exact) mass is 176 g/mol. The highest BCUT2D eigenvalue weighted by atomic mass is 15.0. The van der Waals surface area contributed by atoms with Crippen molar-refractivity contribution in [1.82, 2.24) is 0 Å². The quantitative estimate of drug-likeness (QED) is 0.634. The van der Waals surface area contributed by atoms with Gasteiger partial charge < -0.3 is 10.6 Å². The van der Waals surface area contributed by atoms with Crippen molar-refractivity contribution in [1.29, 1.82) is 0 Å². The number of anilines is 2. The molecule has 0 fully saturated rings. The summed E-state index contributed by atoms with van der Waals surface area (Å²) in [5, 5.41) is 6.95. The van der Waals surface area contributed by atoms with Crippen molar-refractivity contribution in [2.75, 3.05) is 17.2 Å². The van der Waals surface area contributed by atoms with E-state index in [2.05, 4.69) is 48.7 Å². The Kier molecular flexibility index (Phi) is 2.13. The minimum absolute atomic E-state index is 0.538. The third-order valence-corrected chi connectivity index (χ3v) is 2.78. The SMILES string of the molecule is CC1CNc2ccccc2NC1C. The van der Waals surface area contributed by atoms with Crippen LogP contribution in [0.5, 0.6) is 0 Å². The van der Waals surface area contributed by atoms with Crippen molar-refractivity contribution in [3.8, 4) is 0 Å². The predicted octanol–water partition coefficient (Wildman–Crippen LogP) is 2.55. The van der Waals surface area contributed by atoms with Crippen molar-refractivity contribution in [3.63, 3.8) is 0 Å². The third-order valence-electron chi connectivity index (χ3n) is 2.78. The molecule has 1 aliphatic heterocycles. The van der Waals surface area contributed by atoms with E-state index in [1.54, 1.807) is 0 Å². The molecule has 0 aliphatic carbocycles. The first-order valence-corrected chi connectivity index (χ1v) is 4.87. The van der Waals surface area contributed by atoms with Crippen LogP contribution < -0.4 is 10.6 Å². The molecule has 1 heterocycles. The molecule has 1 aromatic rings. The summed E-state index contributed by atoms with van der Waals surface area (Å²) in [5.41, 5.74) is 2.44. The second kappa shape index (κ2) is 3.29. The predicted molar refractivity (Wildman–Crippen MR) is 57.2 cm³/mol. The molecule has 2 nitrogen and oxygen atoms in total. The van der Waals surface area contributed by atoms with Gasteiger partial charge in [0.05, 0.1) is 11.4 Å². The molecule has 0 amide bonds. The summed E-state index contributed by atoms with van der Waals surface area (Å²) < 4.78 is 0. The first-order valence-electron chi connectivity index (χ1n) is 4.87. The van der Waals surface area contributed by atoms with Gasteiger partial charge in [0.2, 0.25) is 0 Å². The van der Waals surface area contributed by atoms with Gasteiger partial charge in [-0.2, -0.15) is 0 Å². The van der Waals surface area contributed by atoms with Crippen molar-refractivity contribution >= 4 is 11.4 Å². The number of hydrogen-bond donors (Lipinski definition) is 2. The zero-order valence-electron chi connectivity index (χ0n) is 8.17. The molecule has 1 aromatic carbocycles. The van der Waals surface area contributed by atoms with Crippen LogP contribution in [0.25, 0.3) is 0 Å². The Morgan fingerprint density at radius 1 is 1.15 bits per heavy atom. The summed E-state index contributed by atoms with van der Waals surface area (Å²) in [6, 6.07) is 8.91. The lowest BCUT2D eigenvalue weighted by atomic mass is 10.0.